The number of fused-ring (bicyclic) bond motifs is 1. The molecule has 1 aliphatic rings. The van der Waals surface area contributed by atoms with E-state index in [2.05, 4.69) is 10.6 Å². The average molecular weight is 390 g/mol. The van der Waals surface area contributed by atoms with Crippen LogP contribution >= 0.6 is 23.4 Å². The maximum atomic E-state index is 12.4. The molecule has 5 nitrogen and oxygen atoms in total. The Morgan fingerprint density at radius 3 is 2.85 bits per heavy atom. The molecule has 0 saturated heterocycles. The number of ether oxygens (including phenoxy) is 1. The van der Waals surface area contributed by atoms with Crippen molar-refractivity contribution in [2.45, 2.75) is 19.5 Å². The number of thioether (sulfide) groups is 1. The second kappa shape index (κ2) is 7.60. The van der Waals surface area contributed by atoms with Gasteiger partial charge in [-0.1, -0.05) is 41.6 Å². The Morgan fingerprint density at radius 1 is 1.31 bits per heavy atom. The van der Waals surface area contributed by atoms with Crippen molar-refractivity contribution < 1.29 is 9.53 Å². The van der Waals surface area contributed by atoms with E-state index in [0.717, 1.165) is 16.3 Å². The first-order valence-electron chi connectivity index (χ1n) is 8.11. The van der Waals surface area contributed by atoms with Crippen molar-refractivity contribution in [3.8, 4) is 5.75 Å². The lowest BCUT2D eigenvalue weighted by atomic mass is 10.1. The van der Waals surface area contributed by atoms with Gasteiger partial charge in [0.05, 0.1) is 18.6 Å². The van der Waals surface area contributed by atoms with Crippen LogP contribution in [0.2, 0.25) is 5.02 Å². The summed E-state index contributed by atoms with van der Waals surface area (Å²) in [5, 5.41) is 7.61. The predicted octanol–water partition coefficient (Wildman–Crippen LogP) is 4.63. The quantitative estimate of drug-likeness (QED) is 0.800. The van der Waals surface area contributed by atoms with Crippen LogP contribution in [0.1, 0.15) is 19.4 Å². The van der Waals surface area contributed by atoms with E-state index in [1.54, 1.807) is 25.3 Å². The molecule has 2 aromatic carbocycles. The number of aliphatic imine (C=N–C) groups is 1. The highest BCUT2D eigenvalue weighted by Crippen LogP contribution is 2.32. The van der Waals surface area contributed by atoms with Gasteiger partial charge in [0, 0.05) is 16.3 Å². The van der Waals surface area contributed by atoms with Crippen LogP contribution in [-0.4, -0.2) is 29.5 Å². The number of benzene rings is 2. The molecule has 2 N–H and O–H groups in total. The summed E-state index contributed by atoms with van der Waals surface area (Å²) in [5.41, 5.74) is 2.17. The molecule has 1 heterocycles. The molecule has 7 heteroatoms. The highest BCUT2D eigenvalue weighted by atomic mass is 35.5. The number of halogens is 1. The van der Waals surface area contributed by atoms with E-state index in [1.165, 1.54) is 11.8 Å². The minimum atomic E-state index is -0.413. The maximum Gasteiger partial charge on any atom is 0.234 e. The van der Waals surface area contributed by atoms with Gasteiger partial charge in [-0.2, -0.15) is 0 Å². The Hall–Kier alpha value is -2.18. The zero-order valence-electron chi connectivity index (χ0n) is 14.8. The molecule has 0 fully saturated rings. The first-order chi connectivity index (χ1) is 12.4. The number of rotatable bonds is 4. The van der Waals surface area contributed by atoms with Gasteiger partial charge in [0.25, 0.3) is 0 Å². The van der Waals surface area contributed by atoms with Gasteiger partial charge in [-0.05, 0) is 38.1 Å². The van der Waals surface area contributed by atoms with Gasteiger partial charge in [0.1, 0.15) is 16.5 Å². The zero-order valence-corrected chi connectivity index (χ0v) is 16.4. The number of methoxy groups -OCH3 is 1. The van der Waals surface area contributed by atoms with Crippen molar-refractivity contribution >= 4 is 45.7 Å². The molecule has 0 aliphatic carbocycles. The molecule has 0 atom stereocenters. The summed E-state index contributed by atoms with van der Waals surface area (Å²) in [6.07, 6.45) is 0. The first-order valence-corrected chi connectivity index (χ1v) is 9.48. The standard InChI is InChI=1S/C19H20ClN3O2S/c1-19(2)22-14-7-5-4-6-13(14)18(23-19)26-11-17(24)21-15-10-12(20)8-9-16(15)25-3/h4-10,22H,11H2,1-3H3,(H,21,24). The first kappa shape index (κ1) is 18.6. The summed E-state index contributed by atoms with van der Waals surface area (Å²) in [7, 11) is 1.55. The van der Waals surface area contributed by atoms with Gasteiger partial charge in [-0.15, -0.1) is 0 Å². The molecule has 3 rings (SSSR count). The van der Waals surface area contributed by atoms with Crippen LogP contribution in [0.4, 0.5) is 11.4 Å². The Morgan fingerprint density at radius 2 is 2.08 bits per heavy atom. The second-order valence-electron chi connectivity index (χ2n) is 6.33. The molecule has 0 bridgehead atoms. The van der Waals surface area contributed by atoms with E-state index < -0.39 is 5.66 Å². The normalized spacial score (nSPS) is 14.7. The molecule has 136 valence electrons. The maximum absolute atomic E-state index is 12.4. The van der Waals surface area contributed by atoms with E-state index in [9.17, 15) is 4.79 Å². The summed E-state index contributed by atoms with van der Waals surface area (Å²) in [6.45, 7) is 4.00. The molecule has 0 saturated carbocycles. The summed E-state index contributed by atoms with van der Waals surface area (Å²) in [6, 6.07) is 13.1. The van der Waals surface area contributed by atoms with E-state index in [4.69, 9.17) is 21.3 Å². The van der Waals surface area contributed by atoms with Crippen molar-refractivity contribution in [1.29, 1.82) is 0 Å². The average Bonchev–Trinajstić information content (AvgIpc) is 2.59. The SMILES string of the molecule is COc1ccc(Cl)cc1NC(=O)CSC1=NC(C)(C)Nc2ccccc21. The predicted molar refractivity (Wildman–Crippen MR) is 110 cm³/mol. The van der Waals surface area contributed by atoms with Crippen LogP contribution < -0.4 is 15.4 Å². The second-order valence-corrected chi connectivity index (χ2v) is 7.73. The number of hydrogen-bond acceptors (Lipinski definition) is 5. The minimum absolute atomic E-state index is 0.146. The lowest BCUT2D eigenvalue weighted by molar-refractivity contribution is -0.113. The summed E-state index contributed by atoms with van der Waals surface area (Å²) in [5.74, 6) is 0.657. The zero-order chi connectivity index (χ0) is 18.7. The van der Waals surface area contributed by atoms with Crippen LogP contribution in [0.5, 0.6) is 5.75 Å². The van der Waals surface area contributed by atoms with Gasteiger partial charge < -0.3 is 15.4 Å². The number of anilines is 2. The Kier molecular flexibility index (Phi) is 5.44. The summed E-state index contributed by atoms with van der Waals surface area (Å²) < 4.78 is 5.26. The van der Waals surface area contributed by atoms with Crippen LogP contribution in [0.3, 0.4) is 0 Å². The number of nitrogens with zero attached hydrogens (tertiary/aromatic N) is 1. The van der Waals surface area contributed by atoms with Crippen molar-refractivity contribution in [3.05, 3.63) is 53.1 Å². The van der Waals surface area contributed by atoms with E-state index in [0.29, 0.717) is 16.5 Å². The molecule has 0 aromatic heterocycles. The highest BCUT2D eigenvalue weighted by Gasteiger charge is 2.26. The molecule has 0 spiro atoms. The Labute approximate surface area is 162 Å². The molecule has 0 unspecified atom stereocenters. The number of carbonyl (C=O) groups is 1. The fourth-order valence-electron chi connectivity index (χ4n) is 2.66. The van der Waals surface area contributed by atoms with Crippen molar-refractivity contribution in [2.75, 3.05) is 23.5 Å². The smallest absolute Gasteiger partial charge is 0.234 e. The van der Waals surface area contributed by atoms with Gasteiger partial charge in [-0.3, -0.25) is 9.79 Å². The Balaban J connectivity index is 1.71. The number of amides is 1. The van der Waals surface area contributed by atoms with Gasteiger partial charge >= 0.3 is 0 Å². The van der Waals surface area contributed by atoms with Crippen molar-refractivity contribution in [3.63, 3.8) is 0 Å². The highest BCUT2D eigenvalue weighted by molar-refractivity contribution is 8.15. The third-order valence-electron chi connectivity index (χ3n) is 3.75. The third-order valence-corrected chi connectivity index (χ3v) is 4.98. The molecular formula is C19H20ClN3O2S. The molecule has 1 amide bonds. The van der Waals surface area contributed by atoms with Crippen LogP contribution in [0.25, 0.3) is 0 Å². The van der Waals surface area contributed by atoms with Gasteiger partial charge in [-0.25, -0.2) is 0 Å². The number of nitrogens with one attached hydrogen (secondary N) is 2. The fraction of sp³-hybridized carbons (Fsp3) is 0.263. The largest absolute Gasteiger partial charge is 0.495 e. The van der Waals surface area contributed by atoms with Crippen LogP contribution in [0.15, 0.2) is 47.5 Å². The third kappa shape index (κ3) is 4.31. The summed E-state index contributed by atoms with van der Waals surface area (Å²) in [4.78, 5) is 17.1. The number of para-hydroxylation sites is 1. The number of hydrogen-bond donors (Lipinski definition) is 2. The minimum Gasteiger partial charge on any atom is -0.495 e. The van der Waals surface area contributed by atoms with Crippen LogP contribution in [0, 0.1) is 0 Å². The van der Waals surface area contributed by atoms with Gasteiger partial charge in [0.15, 0.2) is 0 Å². The Bertz CT molecular complexity index is 868. The molecule has 2 aromatic rings. The van der Waals surface area contributed by atoms with Gasteiger partial charge in [0.2, 0.25) is 5.91 Å². The molecule has 26 heavy (non-hydrogen) atoms. The lowest BCUT2D eigenvalue weighted by Crippen LogP contribution is -2.34. The van der Waals surface area contributed by atoms with Crippen molar-refractivity contribution in [1.82, 2.24) is 0 Å². The monoisotopic (exact) mass is 389 g/mol. The topological polar surface area (TPSA) is 62.7 Å². The van der Waals surface area contributed by atoms with E-state index in [1.807, 2.05) is 38.1 Å². The van der Waals surface area contributed by atoms with Crippen molar-refractivity contribution in [2.24, 2.45) is 4.99 Å². The molecule has 1 aliphatic heterocycles. The number of carbonyl (C=O) groups excluding carboxylic acids is 1. The van der Waals surface area contributed by atoms with E-state index >= 15 is 0 Å². The fourth-order valence-corrected chi connectivity index (χ4v) is 3.80. The lowest BCUT2D eigenvalue weighted by Gasteiger charge is -2.30. The summed E-state index contributed by atoms with van der Waals surface area (Å²) >= 11 is 7.42. The van der Waals surface area contributed by atoms with E-state index in [-0.39, 0.29) is 11.7 Å². The molecule has 0 radical (unpaired) electrons. The molecular weight excluding hydrogens is 370 g/mol. The van der Waals surface area contributed by atoms with Crippen LogP contribution in [-0.2, 0) is 4.79 Å².